The van der Waals surface area contributed by atoms with E-state index in [1.54, 1.807) is 6.07 Å². The Balaban J connectivity index is 2.09. The molecule has 1 fully saturated rings. The standard InChI is InChI=1S/C12H12N2O2/c1-7-2-5-10(16-7)12-13-9(8-3-4-8)6-11(15)14-12/h2,5-6,8H,3-4H2,1H3,(H,13,14,15). The van der Waals surface area contributed by atoms with Gasteiger partial charge in [0.1, 0.15) is 5.76 Å². The number of rotatable bonds is 2. The smallest absolute Gasteiger partial charge is 0.251 e. The van der Waals surface area contributed by atoms with Gasteiger partial charge in [-0.3, -0.25) is 4.79 Å². The summed E-state index contributed by atoms with van der Waals surface area (Å²) in [6.45, 7) is 1.87. The Morgan fingerprint density at radius 1 is 1.44 bits per heavy atom. The van der Waals surface area contributed by atoms with Gasteiger partial charge in [-0.1, -0.05) is 0 Å². The number of aromatic amines is 1. The number of nitrogens with one attached hydrogen (secondary N) is 1. The molecule has 0 saturated heterocycles. The summed E-state index contributed by atoms with van der Waals surface area (Å²) >= 11 is 0. The van der Waals surface area contributed by atoms with Crippen molar-refractivity contribution >= 4 is 0 Å². The van der Waals surface area contributed by atoms with Crippen LogP contribution in [0.15, 0.2) is 27.4 Å². The second-order valence-corrected chi connectivity index (χ2v) is 4.20. The van der Waals surface area contributed by atoms with Crippen LogP contribution in [-0.4, -0.2) is 9.97 Å². The second-order valence-electron chi connectivity index (χ2n) is 4.20. The van der Waals surface area contributed by atoms with Crippen LogP contribution in [-0.2, 0) is 0 Å². The van der Waals surface area contributed by atoms with Gasteiger partial charge in [-0.05, 0) is 31.9 Å². The summed E-state index contributed by atoms with van der Waals surface area (Å²) in [5.74, 6) is 2.44. The number of furan rings is 1. The Kier molecular flexibility index (Phi) is 1.96. The summed E-state index contributed by atoms with van der Waals surface area (Å²) in [6.07, 6.45) is 2.26. The zero-order valence-corrected chi connectivity index (χ0v) is 8.99. The molecular weight excluding hydrogens is 204 g/mol. The Labute approximate surface area is 92.3 Å². The lowest BCUT2D eigenvalue weighted by molar-refractivity contribution is 0.543. The highest BCUT2D eigenvalue weighted by Crippen LogP contribution is 2.38. The molecule has 82 valence electrons. The number of H-pyrrole nitrogens is 1. The molecule has 2 aromatic heterocycles. The molecule has 0 unspecified atom stereocenters. The van der Waals surface area contributed by atoms with Gasteiger partial charge in [0.15, 0.2) is 11.6 Å². The molecule has 0 bridgehead atoms. The first kappa shape index (κ1) is 9.39. The highest BCUT2D eigenvalue weighted by Gasteiger charge is 2.26. The fraction of sp³-hybridized carbons (Fsp3) is 0.333. The predicted octanol–water partition coefficient (Wildman–Crippen LogP) is 2.22. The fourth-order valence-corrected chi connectivity index (χ4v) is 1.74. The van der Waals surface area contributed by atoms with Crippen molar-refractivity contribution in [3.63, 3.8) is 0 Å². The minimum absolute atomic E-state index is 0.110. The van der Waals surface area contributed by atoms with Crippen LogP contribution in [0.25, 0.3) is 11.6 Å². The van der Waals surface area contributed by atoms with Gasteiger partial charge in [-0.15, -0.1) is 0 Å². The van der Waals surface area contributed by atoms with E-state index in [-0.39, 0.29) is 5.56 Å². The van der Waals surface area contributed by atoms with E-state index in [1.807, 2.05) is 19.1 Å². The molecule has 0 radical (unpaired) electrons. The average molecular weight is 216 g/mol. The van der Waals surface area contributed by atoms with E-state index >= 15 is 0 Å². The molecule has 0 atom stereocenters. The van der Waals surface area contributed by atoms with Gasteiger partial charge in [-0.2, -0.15) is 0 Å². The first-order chi connectivity index (χ1) is 7.72. The van der Waals surface area contributed by atoms with Crippen LogP contribution in [0.2, 0.25) is 0 Å². The highest BCUT2D eigenvalue weighted by molar-refractivity contribution is 5.47. The highest BCUT2D eigenvalue weighted by atomic mass is 16.3. The Hall–Kier alpha value is -1.84. The van der Waals surface area contributed by atoms with Crippen molar-refractivity contribution in [2.45, 2.75) is 25.7 Å². The SMILES string of the molecule is Cc1ccc(-c2nc(C3CC3)cc(=O)[nH]2)o1. The van der Waals surface area contributed by atoms with Crippen LogP contribution < -0.4 is 5.56 Å². The Morgan fingerprint density at radius 3 is 2.88 bits per heavy atom. The van der Waals surface area contributed by atoms with Crippen molar-refractivity contribution in [2.75, 3.05) is 0 Å². The van der Waals surface area contributed by atoms with Gasteiger partial charge in [-0.25, -0.2) is 4.98 Å². The zero-order valence-electron chi connectivity index (χ0n) is 8.99. The maximum absolute atomic E-state index is 11.5. The molecule has 0 aromatic carbocycles. The number of hydrogen-bond donors (Lipinski definition) is 1. The first-order valence-corrected chi connectivity index (χ1v) is 5.40. The van der Waals surface area contributed by atoms with Crippen molar-refractivity contribution in [3.8, 4) is 11.6 Å². The first-order valence-electron chi connectivity index (χ1n) is 5.40. The number of aryl methyl sites for hydroxylation is 1. The summed E-state index contributed by atoms with van der Waals surface area (Å²) in [6, 6.07) is 5.26. The molecule has 0 amide bonds. The minimum Gasteiger partial charge on any atom is -0.458 e. The van der Waals surface area contributed by atoms with E-state index < -0.39 is 0 Å². The Morgan fingerprint density at radius 2 is 2.25 bits per heavy atom. The van der Waals surface area contributed by atoms with Crippen molar-refractivity contribution in [2.24, 2.45) is 0 Å². The number of aromatic nitrogens is 2. The van der Waals surface area contributed by atoms with Gasteiger partial charge >= 0.3 is 0 Å². The van der Waals surface area contributed by atoms with Gasteiger partial charge in [0.05, 0.1) is 5.69 Å². The van der Waals surface area contributed by atoms with Crippen LogP contribution in [0.4, 0.5) is 0 Å². The average Bonchev–Trinajstić information content (AvgIpc) is 3.01. The van der Waals surface area contributed by atoms with Crippen LogP contribution in [0.5, 0.6) is 0 Å². The van der Waals surface area contributed by atoms with Gasteiger partial charge in [0.2, 0.25) is 0 Å². The molecule has 0 aliphatic heterocycles. The lowest BCUT2D eigenvalue weighted by atomic mass is 10.3. The molecule has 0 spiro atoms. The lowest BCUT2D eigenvalue weighted by Gasteiger charge is -2.00. The third-order valence-electron chi connectivity index (χ3n) is 2.73. The molecule has 2 aromatic rings. The zero-order chi connectivity index (χ0) is 11.1. The van der Waals surface area contributed by atoms with Gasteiger partial charge < -0.3 is 9.40 Å². The maximum Gasteiger partial charge on any atom is 0.251 e. The Bertz CT molecular complexity index is 579. The molecule has 3 rings (SSSR count). The fourth-order valence-electron chi connectivity index (χ4n) is 1.74. The molecule has 4 nitrogen and oxygen atoms in total. The molecular formula is C12H12N2O2. The second kappa shape index (κ2) is 3.33. The predicted molar refractivity (Wildman–Crippen MR) is 59.3 cm³/mol. The maximum atomic E-state index is 11.5. The molecule has 2 heterocycles. The summed E-state index contributed by atoms with van der Waals surface area (Å²) in [5.41, 5.74) is 0.772. The van der Waals surface area contributed by atoms with Gasteiger partial charge in [0.25, 0.3) is 5.56 Å². The van der Waals surface area contributed by atoms with E-state index in [0.29, 0.717) is 17.5 Å². The summed E-state index contributed by atoms with van der Waals surface area (Å²) in [7, 11) is 0. The van der Waals surface area contributed by atoms with Gasteiger partial charge in [0, 0.05) is 12.0 Å². The number of nitrogens with zero attached hydrogens (tertiary/aromatic N) is 1. The summed E-state index contributed by atoms with van der Waals surface area (Å²) in [5, 5.41) is 0. The third kappa shape index (κ3) is 1.66. The summed E-state index contributed by atoms with van der Waals surface area (Å²) in [4.78, 5) is 18.6. The van der Waals surface area contributed by atoms with Crippen LogP contribution in [0.3, 0.4) is 0 Å². The third-order valence-corrected chi connectivity index (χ3v) is 2.73. The molecule has 1 N–H and O–H groups in total. The van der Waals surface area contributed by atoms with E-state index in [0.717, 1.165) is 24.3 Å². The van der Waals surface area contributed by atoms with E-state index in [4.69, 9.17) is 4.42 Å². The van der Waals surface area contributed by atoms with Crippen molar-refractivity contribution in [1.29, 1.82) is 0 Å². The molecule has 4 heteroatoms. The van der Waals surface area contributed by atoms with Crippen molar-refractivity contribution < 1.29 is 4.42 Å². The summed E-state index contributed by atoms with van der Waals surface area (Å²) < 4.78 is 5.45. The molecule has 1 saturated carbocycles. The van der Waals surface area contributed by atoms with E-state index in [1.165, 1.54) is 0 Å². The largest absolute Gasteiger partial charge is 0.458 e. The van der Waals surface area contributed by atoms with E-state index in [9.17, 15) is 4.79 Å². The number of hydrogen-bond acceptors (Lipinski definition) is 3. The van der Waals surface area contributed by atoms with Crippen LogP contribution >= 0.6 is 0 Å². The monoisotopic (exact) mass is 216 g/mol. The van der Waals surface area contributed by atoms with Crippen molar-refractivity contribution in [3.05, 3.63) is 40.0 Å². The lowest BCUT2D eigenvalue weighted by Crippen LogP contribution is -2.09. The topological polar surface area (TPSA) is 58.9 Å². The molecule has 1 aliphatic carbocycles. The molecule has 1 aliphatic rings. The van der Waals surface area contributed by atoms with E-state index in [2.05, 4.69) is 9.97 Å². The quantitative estimate of drug-likeness (QED) is 0.837. The minimum atomic E-state index is -0.110. The molecule has 16 heavy (non-hydrogen) atoms. The normalized spacial score (nSPS) is 15.3. The van der Waals surface area contributed by atoms with Crippen molar-refractivity contribution in [1.82, 2.24) is 9.97 Å². The van der Waals surface area contributed by atoms with Crippen LogP contribution in [0, 0.1) is 6.92 Å². The van der Waals surface area contributed by atoms with Crippen LogP contribution in [0.1, 0.15) is 30.2 Å².